The first-order valence-corrected chi connectivity index (χ1v) is 12.6. The van der Waals surface area contributed by atoms with Crippen LogP contribution in [-0.4, -0.2) is 45.3 Å². The number of hydrogen-bond donors (Lipinski definition) is 0. The number of hydrogen-bond acceptors (Lipinski definition) is 6. The highest BCUT2D eigenvalue weighted by atomic mass is 32.2. The van der Waals surface area contributed by atoms with Gasteiger partial charge in [0.1, 0.15) is 24.2 Å². The molecular formula is C27H32O5S. The third-order valence-corrected chi connectivity index (χ3v) is 6.65. The molecule has 5 nitrogen and oxygen atoms in total. The van der Waals surface area contributed by atoms with Gasteiger partial charge in [-0.15, -0.1) is 0 Å². The lowest BCUT2D eigenvalue weighted by molar-refractivity contribution is -0.187. The van der Waals surface area contributed by atoms with Gasteiger partial charge in [-0.25, -0.2) is 0 Å². The second-order valence-corrected chi connectivity index (χ2v) is 9.04. The molecule has 0 saturated carbocycles. The van der Waals surface area contributed by atoms with Crippen molar-refractivity contribution in [1.82, 2.24) is 0 Å². The molecule has 0 spiro atoms. The van der Waals surface area contributed by atoms with Crippen LogP contribution in [0.3, 0.4) is 0 Å². The van der Waals surface area contributed by atoms with Crippen LogP contribution < -0.4 is 9.47 Å². The first-order valence-electron chi connectivity index (χ1n) is 11.5. The monoisotopic (exact) mass is 468 g/mol. The van der Waals surface area contributed by atoms with Gasteiger partial charge in [-0.3, -0.25) is 0 Å². The molecule has 4 rings (SSSR count). The van der Waals surface area contributed by atoms with Crippen molar-refractivity contribution in [2.75, 3.05) is 32.9 Å². The predicted molar refractivity (Wildman–Crippen MR) is 133 cm³/mol. The maximum Gasteiger partial charge on any atom is 0.188 e. The van der Waals surface area contributed by atoms with Gasteiger partial charge in [-0.1, -0.05) is 48.5 Å². The van der Waals surface area contributed by atoms with Crippen molar-refractivity contribution in [2.24, 2.45) is 0 Å². The minimum Gasteiger partial charge on any atom is -0.491 e. The largest absolute Gasteiger partial charge is 0.491 e. The zero-order valence-electron chi connectivity index (χ0n) is 19.1. The molecular weight excluding hydrogens is 436 g/mol. The van der Waals surface area contributed by atoms with Crippen LogP contribution >= 0.6 is 11.8 Å². The minimum absolute atomic E-state index is 0.0473. The van der Waals surface area contributed by atoms with Gasteiger partial charge in [0.25, 0.3) is 0 Å². The van der Waals surface area contributed by atoms with E-state index in [0.717, 1.165) is 54.3 Å². The number of benzene rings is 3. The summed E-state index contributed by atoms with van der Waals surface area (Å²) >= 11 is 1.85. The van der Waals surface area contributed by atoms with E-state index in [1.165, 1.54) is 10.9 Å². The van der Waals surface area contributed by atoms with Gasteiger partial charge in [-0.2, -0.15) is 11.8 Å². The average molecular weight is 469 g/mol. The normalized spacial score (nSPS) is 17.1. The fourth-order valence-corrected chi connectivity index (χ4v) is 4.91. The molecule has 3 aromatic carbocycles. The minimum atomic E-state index is -0.137. The molecule has 1 aliphatic rings. The summed E-state index contributed by atoms with van der Waals surface area (Å²) in [6, 6.07) is 22.4. The third-order valence-electron chi connectivity index (χ3n) is 5.53. The molecule has 176 valence electrons. The van der Waals surface area contributed by atoms with Crippen LogP contribution in [-0.2, 0) is 20.0 Å². The Kier molecular flexibility index (Phi) is 9.30. The maximum atomic E-state index is 6.30. The lowest BCUT2D eigenvalue weighted by Gasteiger charge is -2.27. The second-order valence-electron chi connectivity index (χ2n) is 8.01. The van der Waals surface area contributed by atoms with Crippen LogP contribution in [0.4, 0.5) is 0 Å². The Morgan fingerprint density at radius 2 is 1.79 bits per heavy atom. The van der Waals surface area contributed by atoms with Crippen molar-refractivity contribution in [3.8, 4) is 11.5 Å². The topological polar surface area (TPSA) is 46.2 Å². The summed E-state index contributed by atoms with van der Waals surface area (Å²) < 4.78 is 28.9. The molecule has 6 heteroatoms. The van der Waals surface area contributed by atoms with E-state index in [9.17, 15) is 0 Å². The van der Waals surface area contributed by atoms with Crippen LogP contribution in [0.2, 0.25) is 0 Å². The van der Waals surface area contributed by atoms with E-state index in [1.807, 2.05) is 54.2 Å². The van der Waals surface area contributed by atoms with Crippen molar-refractivity contribution in [1.29, 1.82) is 0 Å². The van der Waals surface area contributed by atoms with Crippen molar-refractivity contribution in [3.63, 3.8) is 0 Å². The number of rotatable bonds is 12. The highest BCUT2D eigenvalue weighted by molar-refractivity contribution is 7.98. The summed E-state index contributed by atoms with van der Waals surface area (Å²) in [5.74, 6) is 3.40. The van der Waals surface area contributed by atoms with E-state index >= 15 is 0 Å². The Balaban J connectivity index is 1.38. The molecule has 33 heavy (non-hydrogen) atoms. The third kappa shape index (κ3) is 7.11. The van der Waals surface area contributed by atoms with Gasteiger partial charge in [-0.05, 0) is 48.4 Å². The number of fused-ring (bicyclic) bond motifs is 1. The summed E-state index contributed by atoms with van der Waals surface area (Å²) in [5, 5.41) is 2.30. The Morgan fingerprint density at radius 3 is 2.61 bits per heavy atom. The van der Waals surface area contributed by atoms with Crippen molar-refractivity contribution >= 4 is 22.5 Å². The van der Waals surface area contributed by atoms with E-state index in [0.29, 0.717) is 6.61 Å². The van der Waals surface area contributed by atoms with Crippen LogP contribution in [0.5, 0.6) is 11.5 Å². The molecule has 3 aromatic rings. The SMILES string of the molecule is COCOc1cccc2c(CSCC(COc3ccccc3)OC3CCCCO3)cccc12. The molecule has 1 aliphatic heterocycles. The van der Waals surface area contributed by atoms with Crippen molar-refractivity contribution in [2.45, 2.75) is 37.4 Å². The van der Waals surface area contributed by atoms with E-state index in [1.54, 1.807) is 7.11 Å². The Hall–Kier alpha value is -2.25. The molecule has 0 aromatic heterocycles. The van der Waals surface area contributed by atoms with E-state index < -0.39 is 0 Å². The lowest BCUT2D eigenvalue weighted by Crippen LogP contribution is -2.33. The molecule has 2 unspecified atom stereocenters. The van der Waals surface area contributed by atoms with Crippen molar-refractivity contribution < 1.29 is 23.7 Å². The Labute approximate surface area is 200 Å². The number of ether oxygens (including phenoxy) is 5. The van der Waals surface area contributed by atoms with Gasteiger partial charge in [0.2, 0.25) is 0 Å². The first kappa shape index (κ1) is 23.9. The average Bonchev–Trinajstić information content (AvgIpc) is 2.87. The van der Waals surface area contributed by atoms with E-state index in [2.05, 4.69) is 24.3 Å². The van der Waals surface area contributed by atoms with E-state index in [-0.39, 0.29) is 19.2 Å². The predicted octanol–water partition coefficient (Wildman–Crippen LogP) is 6.05. The molecule has 0 amide bonds. The molecule has 1 fully saturated rings. The lowest BCUT2D eigenvalue weighted by atomic mass is 10.1. The first-order chi connectivity index (χ1) is 16.3. The quantitative estimate of drug-likeness (QED) is 0.302. The Morgan fingerprint density at radius 1 is 0.939 bits per heavy atom. The number of para-hydroxylation sites is 1. The van der Waals surface area contributed by atoms with Crippen molar-refractivity contribution in [3.05, 3.63) is 72.3 Å². The van der Waals surface area contributed by atoms with E-state index in [4.69, 9.17) is 23.7 Å². The fourth-order valence-electron chi connectivity index (χ4n) is 3.89. The van der Waals surface area contributed by atoms with Gasteiger partial charge in [0, 0.05) is 30.6 Å². The molecule has 0 bridgehead atoms. The summed E-state index contributed by atoms with van der Waals surface area (Å²) in [7, 11) is 1.63. The summed E-state index contributed by atoms with van der Waals surface area (Å²) in [6.45, 7) is 1.51. The molecule has 1 saturated heterocycles. The second kappa shape index (κ2) is 12.8. The number of thioether (sulfide) groups is 1. The molecule has 1 heterocycles. The fraction of sp³-hybridized carbons (Fsp3) is 0.407. The summed E-state index contributed by atoms with van der Waals surface area (Å²) in [6.07, 6.45) is 3.01. The van der Waals surface area contributed by atoms with Gasteiger partial charge >= 0.3 is 0 Å². The zero-order chi connectivity index (χ0) is 22.7. The van der Waals surface area contributed by atoms with Crippen LogP contribution in [0.15, 0.2) is 66.7 Å². The van der Waals surface area contributed by atoms with Crippen LogP contribution in [0, 0.1) is 0 Å². The van der Waals surface area contributed by atoms with Gasteiger partial charge < -0.3 is 23.7 Å². The highest BCUT2D eigenvalue weighted by Crippen LogP contribution is 2.30. The molecule has 0 aliphatic carbocycles. The standard InChI is InChI=1S/C27H32O5S/c1-28-20-31-26-14-8-12-24-21(9-7-13-25(24)26)18-33-19-23(32-27-15-5-6-16-29-27)17-30-22-10-3-2-4-11-22/h2-4,7-14,23,27H,5-6,15-20H2,1H3. The molecule has 0 radical (unpaired) electrons. The Bertz CT molecular complexity index is 975. The van der Waals surface area contributed by atoms with Gasteiger partial charge in [0.05, 0.1) is 0 Å². The highest BCUT2D eigenvalue weighted by Gasteiger charge is 2.21. The van der Waals surface area contributed by atoms with Gasteiger partial charge in [0.15, 0.2) is 13.1 Å². The molecule has 0 N–H and O–H groups in total. The number of methoxy groups -OCH3 is 1. The maximum absolute atomic E-state index is 6.30. The van der Waals surface area contributed by atoms with Crippen LogP contribution in [0.25, 0.3) is 10.8 Å². The zero-order valence-corrected chi connectivity index (χ0v) is 19.9. The summed E-state index contributed by atoms with van der Waals surface area (Å²) in [5.41, 5.74) is 1.28. The van der Waals surface area contributed by atoms with Crippen LogP contribution in [0.1, 0.15) is 24.8 Å². The summed E-state index contributed by atoms with van der Waals surface area (Å²) in [4.78, 5) is 0. The molecule has 2 atom stereocenters. The smallest absolute Gasteiger partial charge is 0.188 e.